The summed E-state index contributed by atoms with van der Waals surface area (Å²) >= 11 is 0. The van der Waals surface area contributed by atoms with Crippen molar-refractivity contribution in [1.29, 1.82) is 0 Å². The lowest BCUT2D eigenvalue weighted by atomic mass is 9.81. The highest BCUT2D eigenvalue weighted by molar-refractivity contribution is 6.02. The van der Waals surface area contributed by atoms with Crippen LogP contribution in [0, 0.1) is 5.92 Å². The zero-order valence-electron chi connectivity index (χ0n) is 16.8. The van der Waals surface area contributed by atoms with E-state index in [1.807, 2.05) is 37.3 Å². The Labute approximate surface area is 160 Å². The molecule has 1 aromatic rings. The van der Waals surface area contributed by atoms with Crippen LogP contribution in [0.2, 0.25) is 0 Å². The third-order valence-corrected chi connectivity index (χ3v) is 4.79. The van der Waals surface area contributed by atoms with E-state index in [0.29, 0.717) is 12.8 Å². The second-order valence-electron chi connectivity index (χ2n) is 7.94. The van der Waals surface area contributed by atoms with Gasteiger partial charge in [0.2, 0.25) is 5.91 Å². The highest BCUT2D eigenvalue weighted by atomic mass is 16.6. The minimum Gasteiger partial charge on any atom is -0.464 e. The Bertz CT molecular complexity index is 694. The van der Waals surface area contributed by atoms with Crippen LogP contribution in [-0.4, -0.2) is 40.6 Å². The zero-order valence-corrected chi connectivity index (χ0v) is 16.8. The monoisotopic (exact) mass is 375 g/mol. The molecule has 0 radical (unpaired) electrons. The fourth-order valence-electron chi connectivity index (χ4n) is 3.53. The van der Waals surface area contributed by atoms with E-state index in [1.165, 1.54) is 0 Å². The first-order valence-corrected chi connectivity index (χ1v) is 9.39. The molecule has 1 aliphatic rings. The van der Waals surface area contributed by atoms with E-state index in [-0.39, 0.29) is 18.9 Å². The van der Waals surface area contributed by atoms with Crippen molar-refractivity contribution >= 4 is 18.0 Å². The molecular formula is C21H29NO5. The number of amides is 2. The molecule has 6 heteroatoms. The van der Waals surface area contributed by atoms with E-state index in [4.69, 9.17) is 9.47 Å². The summed E-state index contributed by atoms with van der Waals surface area (Å²) in [6, 6.07) is 9.66. The highest BCUT2D eigenvalue weighted by Crippen LogP contribution is 2.41. The summed E-state index contributed by atoms with van der Waals surface area (Å²) in [6.07, 6.45) is 0.142. The van der Waals surface area contributed by atoms with Crippen LogP contribution in [-0.2, 0) is 25.5 Å². The van der Waals surface area contributed by atoms with Crippen LogP contribution in [0.4, 0.5) is 4.79 Å². The van der Waals surface area contributed by atoms with Gasteiger partial charge in [-0.25, -0.2) is 14.5 Å². The molecule has 27 heavy (non-hydrogen) atoms. The molecule has 1 aromatic carbocycles. The standard InChI is InChI=1S/C21H29NO5/c1-6-26-18(24)21(13-12-16-10-8-7-9-11-16)15(2)14-17(23)22(21)19(25)27-20(3,4)5/h7-11,15H,6,12-14H2,1-5H3/t15-,21+/m1/s1. The van der Waals surface area contributed by atoms with Crippen LogP contribution >= 0.6 is 0 Å². The Kier molecular flexibility index (Phi) is 6.29. The number of ether oxygens (including phenoxy) is 2. The summed E-state index contributed by atoms with van der Waals surface area (Å²) in [5.41, 5.74) is -1.11. The average molecular weight is 375 g/mol. The number of hydrogen-bond donors (Lipinski definition) is 0. The number of aryl methyl sites for hydroxylation is 1. The number of benzene rings is 1. The molecule has 0 saturated carbocycles. The molecule has 2 atom stereocenters. The lowest BCUT2D eigenvalue weighted by Gasteiger charge is -2.38. The van der Waals surface area contributed by atoms with Crippen LogP contribution in [0.15, 0.2) is 30.3 Å². The van der Waals surface area contributed by atoms with Crippen molar-refractivity contribution in [2.45, 2.75) is 65.0 Å². The lowest BCUT2D eigenvalue weighted by molar-refractivity contribution is -0.161. The summed E-state index contributed by atoms with van der Waals surface area (Å²) < 4.78 is 10.7. The maximum absolute atomic E-state index is 13.0. The molecule has 0 N–H and O–H groups in total. The van der Waals surface area contributed by atoms with Crippen molar-refractivity contribution in [1.82, 2.24) is 4.90 Å². The maximum Gasteiger partial charge on any atom is 0.418 e. The van der Waals surface area contributed by atoms with Crippen molar-refractivity contribution in [2.24, 2.45) is 5.92 Å². The molecule has 148 valence electrons. The van der Waals surface area contributed by atoms with Crippen LogP contribution in [0.5, 0.6) is 0 Å². The van der Waals surface area contributed by atoms with E-state index < -0.39 is 29.1 Å². The van der Waals surface area contributed by atoms with Gasteiger partial charge in [-0.2, -0.15) is 0 Å². The summed E-state index contributed by atoms with van der Waals surface area (Å²) in [6.45, 7) is 8.88. The molecule has 0 bridgehead atoms. The minimum absolute atomic E-state index is 0.104. The quantitative estimate of drug-likeness (QED) is 0.733. The van der Waals surface area contributed by atoms with Crippen molar-refractivity contribution in [3.05, 3.63) is 35.9 Å². The van der Waals surface area contributed by atoms with Crippen molar-refractivity contribution in [3.63, 3.8) is 0 Å². The average Bonchev–Trinajstić information content (AvgIpc) is 2.83. The van der Waals surface area contributed by atoms with Gasteiger partial charge in [-0.3, -0.25) is 4.79 Å². The van der Waals surface area contributed by atoms with Gasteiger partial charge in [0.05, 0.1) is 6.61 Å². The predicted octanol–water partition coefficient (Wildman–Crippen LogP) is 3.72. The second-order valence-corrected chi connectivity index (χ2v) is 7.94. The number of imide groups is 1. The van der Waals surface area contributed by atoms with E-state index in [1.54, 1.807) is 27.7 Å². The Balaban J connectivity index is 2.41. The second kappa shape index (κ2) is 8.11. The van der Waals surface area contributed by atoms with Gasteiger partial charge in [-0.1, -0.05) is 37.3 Å². The third kappa shape index (κ3) is 4.49. The molecular weight excluding hydrogens is 346 g/mol. The fraction of sp³-hybridized carbons (Fsp3) is 0.571. The first-order chi connectivity index (χ1) is 12.6. The van der Waals surface area contributed by atoms with E-state index in [2.05, 4.69) is 0 Å². The van der Waals surface area contributed by atoms with Gasteiger partial charge in [0.1, 0.15) is 5.60 Å². The minimum atomic E-state index is -1.36. The van der Waals surface area contributed by atoms with Crippen LogP contribution < -0.4 is 0 Å². The Morgan fingerprint density at radius 1 is 1.22 bits per heavy atom. The lowest BCUT2D eigenvalue weighted by Crippen LogP contribution is -2.59. The topological polar surface area (TPSA) is 72.9 Å². The molecule has 2 amide bonds. The van der Waals surface area contributed by atoms with Gasteiger partial charge < -0.3 is 9.47 Å². The number of rotatable bonds is 5. The first-order valence-electron chi connectivity index (χ1n) is 9.39. The van der Waals surface area contributed by atoms with Gasteiger partial charge in [0, 0.05) is 6.42 Å². The molecule has 0 unspecified atom stereocenters. The molecule has 1 saturated heterocycles. The van der Waals surface area contributed by atoms with Crippen LogP contribution in [0.25, 0.3) is 0 Å². The first kappa shape index (κ1) is 20.9. The van der Waals surface area contributed by atoms with Crippen molar-refractivity contribution < 1.29 is 23.9 Å². The maximum atomic E-state index is 13.0. The number of likely N-dealkylation sites (tertiary alicyclic amines) is 1. The number of carbonyl (C=O) groups excluding carboxylic acids is 3. The van der Waals surface area contributed by atoms with Crippen LogP contribution in [0.3, 0.4) is 0 Å². The summed E-state index contributed by atoms with van der Waals surface area (Å²) in [4.78, 5) is 39.5. The van der Waals surface area contributed by atoms with E-state index in [0.717, 1.165) is 10.5 Å². The molecule has 1 heterocycles. The molecule has 0 aromatic heterocycles. The van der Waals surface area contributed by atoms with Gasteiger partial charge in [0.15, 0.2) is 5.54 Å². The van der Waals surface area contributed by atoms with Gasteiger partial charge in [0.25, 0.3) is 0 Å². The Morgan fingerprint density at radius 3 is 2.41 bits per heavy atom. The zero-order chi connectivity index (χ0) is 20.2. The van der Waals surface area contributed by atoms with Crippen molar-refractivity contribution in [2.75, 3.05) is 6.61 Å². The molecule has 0 aliphatic carbocycles. The molecule has 1 fully saturated rings. The summed E-state index contributed by atoms with van der Waals surface area (Å²) in [7, 11) is 0. The molecule has 6 nitrogen and oxygen atoms in total. The molecule has 2 rings (SSSR count). The van der Waals surface area contributed by atoms with Crippen LogP contribution in [0.1, 0.15) is 53.0 Å². The normalized spacial score (nSPS) is 22.6. The highest BCUT2D eigenvalue weighted by Gasteiger charge is 2.60. The largest absolute Gasteiger partial charge is 0.464 e. The van der Waals surface area contributed by atoms with E-state index in [9.17, 15) is 14.4 Å². The predicted molar refractivity (Wildman–Crippen MR) is 101 cm³/mol. The Hall–Kier alpha value is -2.37. The summed E-state index contributed by atoms with van der Waals surface area (Å²) in [5.74, 6) is -1.32. The summed E-state index contributed by atoms with van der Waals surface area (Å²) in [5, 5.41) is 0. The molecule has 1 aliphatic heterocycles. The molecule has 0 spiro atoms. The number of nitrogens with zero attached hydrogens (tertiary/aromatic N) is 1. The third-order valence-electron chi connectivity index (χ3n) is 4.79. The van der Waals surface area contributed by atoms with E-state index >= 15 is 0 Å². The number of carbonyl (C=O) groups is 3. The SMILES string of the molecule is CCOC(=O)[C@]1(CCc2ccccc2)[C@H](C)CC(=O)N1C(=O)OC(C)(C)C. The number of esters is 1. The van der Waals surface area contributed by atoms with Crippen molar-refractivity contribution in [3.8, 4) is 0 Å². The van der Waals surface area contributed by atoms with Gasteiger partial charge in [-0.15, -0.1) is 0 Å². The van der Waals surface area contributed by atoms with Gasteiger partial charge >= 0.3 is 12.1 Å². The smallest absolute Gasteiger partial charge is 0.418 e. The fourth-order valence-corrected chi connectivity index (χ4v) is 3.53. The van der Waals surface area contributed by atoms with Gasteiger partial charge in [-0.05, 0) is 52.0 Å². The number of hydrogen-bond acceptors (Lipinski definition) is 5. The Morgan fingerprint density at radius 2 is 1.85 bits per heavy atom.